The van der Waals surface area contributed by atoms with Crippen LogP contribution in [0.15, 0.2) is 39.8 Å². The molecule has 0 atom stereocenters. The molecule has 0 aliphatic heterocycles. The third-order valence-corrected chi connectivity index (χ3v) is 4.87. The molecule has 4 N–H and O–H groups in total. The van der Waals surface area contributed by atoms with Gasteiger partial charge in [0, 0.05) is 10.7 Å². The van der Waals surface area contributed by atoms with E-state index >= 15 is 0 Å². The smallest absolute Gasteiger partial charge is 0.265 e. The zero-order valence-electron chi connectivity index (χ0n) is 11.5. The molecule has 0 saturated heterocycles. The highest BCUT2D eigenvalue weighted by Gasteiger charge is 2.21. The van der Waals surface area contributed by atoms with Gasteiger partial charge in [-0.2, -0.15) is 0 Å². The molecule has 6 nitrogen and oxygen atoms in total. The molecule has 0 fully saturated rings. The van der Waals surface area contributed by atoms with Crippen LogP contribution >= 0.6 is 15.9 Å². The van der Waals surface area contributed by atoms with Crippen LogP contribution in [-0.2, 0) is 10.0 Å². The first-order chi connectivity index (χ1) is 9.85. The molecular formula is C13H15BrN4O2S. The van der Waals surface area contributed by atoms with Crippen molar-refractivity contribution < 1.29 is 8.42 Å². The molecule has 0 amide bonds. The molecule has 0 radical (unpaired) electrons. The summed E-state index contributed by atoms with van der Waals surface area (Å²) < 4.78 is 28.2. The molecular weight excluding hydrogens is 356 g/mol. The minimum Gasteiger partial charge on any atom is -0.307 e. The summed E-state index contributed by atoms with van der Waals surface area (Å²) in [5.41, 5.74) is 4.63. The molecule has 1 heterocycles. The number of hydrazine groups is 1. The van der Waals surface area contributed by atoms with Gasteiger partial charge in [-0.25, -0.2) is 19.2 Å². The summed E-state index contributed by atoms with van der Waals surface area (Å²) in [6, 6.07) is 6.71. The second-order valence-corrected chi connectivity index (χ2v) is 7.04. The number of nitrogens with zero attached hydrogens (tertiary/aromatic N) is 1. The fourth-order valence-corrected chi connectivity index (χ4v) is 4.13. The number of rotatable bonds is 4. The number of halogens is 1. The standard InChI is InChI=1S/C13H15BrN4O2S/c1-8-6-9(2)12(10(14)7-8)18-21(19,20)11-4-3-5-16-13(11)17-15/h3-7,18H,15H2,1-2H3,(H,16,17). The number of hydrogen-bond donors (Lipinski definition) is 3. The molecule has 1 aromatic carbocycles. The summed E-state index contributed by atoms with van der Waals surface area (Å²) in [7, 11) is -3.80. The SMILES string of the molecule is Cc1cc(C)c(NS(=O)(=O)c2cccnc2NN)c(Br)c1. The van der Waals surface area contributed by atoms with E-state index in [4.69, 9.17) is 5.84 Å². The van der Waals surface area contributed by atoms with Crippen LogP contribution in [0.2, 0.25) is 0 Å². The summed E-state index contributed by atoms with van der Waals surface area (Å²) in [4.78, 5) is 3.88. The van der Waals surface area contributed by atoms with Gasteiger partial charge in [0.25, 0.3) is 10.0 Å². The van der Waals surface area contributed by atoms with Crippen molar-refractivity contribution in [2.24, 2.45) is 5.84 Å². The number of nitrogens with one attached hydrogen (secondary N) is 2. The number of aryl methyl sites for hydroxylation is 2. The number of sulfonamides is 1. The third kappa shape index (κ3) is 3.34. The Morgan fingerprint density at radius 2 is 2.00 bits per heavy atom. The Morgan fingerprint density at radius 1 is 1.29 bits per heavy atom. The van der Waals surface area contributed by atoms with Gasteiger partial charge in [-0.05, 0) is 59.1 Å². The quantitative estimate of drug-likeness (QED) is 0.567. The van der Waals surface area contributed by atoms with Crippen molar-refractivity contribution in [3.05, 3.63) is 46.1 Å². The lowest BCUT2D eigenvalue weighted by molar-refractivity contribution is 0.601. The van der Waals surface area contributed by atoms with E-state index in [1.54, 1.807) is 0 Å². The predicted octanol–water partition coefficient (Wildman–Crippen LogP) is 2.55. The first-order valence-corrected chi connectivity index (χ1v) is 8.34. The highest BCUT2D eigenvalue weighted by molar-refractivity contribution is 9.10. The maximum absolute atomic E-state index is 12.5. The van der Waals surface area contributed by atoms with E-state index in [2.05, 4.69) is 31.1 Å². The molecule has 0 saturated carbocycles. The Balaban J connectivity index is 2.48. The monoisotopic (exact) mass is 370 g/mol. The summed E-state index contributed by atoms with van der Waals surface area (Å²) in [6.45, 7) is 3.77. The number of benzene rings is 1. The Morgan fingerprint density at radius 3 is 2.62 bits per heavy atom. The summed E-state index contributed by atoms with van der Waals surface area (Å²) >= 11 is 3.38. The predicted molar refractivity (Wildman–Crippen MR) is 86.5 cm³/mol. The van der Waals surface area contributed by atoms with Crippen LogP contribution in [0.5, 0.6) is 0 Å². The van der Waals surface area contributed by atoms with Gasteiger partial charge in [0.1, 0.15) is 4.90 Å². The maximum Gasteiger partial charge on any atom is 0.265 e. The second kappa shape index (κ2) is 6.00. The number of aromatic nitrogens is 1. The molecule has 2 aromatic rings. The Kier molecular flexibility index (Phi) is 4.50. The lowest BCUT2D eigenvalue weighted by atomic mass is 10.1. The number of anilines is 2. The molecule has 21 heavy (non-hydrogen) atoms. The van der Waals surface area contributed by atoms with E-state index in [0.717, 1.165) is 11.1 Å². The van der Waals surface area contributed by atoms with Crippen molar-refractivity contribution in [3.8, 4) is 0 Å². The summed E-state index contributed by atoms with van der Waals surface area (Å²) in [5, 5.41) is 0. The van der Waals surface area contributed by atoms with Gasteiger partial charge in [0.2, 0.25) is 0 Å². The van der Waals surface area contributed by atoms with Gasteiger partial charge in [0.05, 0.1) is 5.69 Å². The van der Waals surface area contributed by atoms with Gasteiger partial charge in [-0.15, -0.1) is 0 Å². The summed E-state index contributed by atoms with van der Waals surface area (Å²) in [6.07, 6.45) is 1.46. The lowest BCUT2D eigenvalue weighted by Gasteiger charge is -2.14. The summed E-state index contributed by atoms with van der Waals surface area (Å²) in [5.74, 6) is 5.40. The minimum absolute atomic E-state index is 0.0145. The topological polar surface area (TPSA) is 97.1 Å². The fraction of sp³-hybridized carbons (Fsp3) is 0.154. The normalized spacial score (nSPS) is 11.2. The van der Waals surface area contributed by atoms with Crippen LogP contribution in [0.4, 0.5) is 11.5 Å². The molecule has 0 unspecified atom stereocenters. The van der Waals surface area contributed by atoms with Crippen molar-refractivity contribution in [3.63, 3.8) is 0 Å². The van der Waals surface area contributed by atoms with Crippen LogP contribution in [-0.4, -0.2) is 13.4 Å². The highest BCUT2D eigenvalue weighted by atomic mass is 79.9. The Hall–Kier alpha value is -1.64. The van der Waals surface area contributed by atoms with Crippen molar-refractivity contribution in [1.82, 2.24) is 4.98 Å². The third-order valence-electron chi connectivity index (χ3n) is 2.87. The number of hydrogen-bond acceptors (Lipinski definition) is 5. The molecule has 2 rings (SSSR count). The highest BCUT2D eigenvalue weighted by Crippen LogP contribution is 2.30. The first-order valence-electron chi connectivity index (χ1n) is 6.06. The van der Waals surface area contributed by atoms with Crippen LogP contribution in [0.3, 0.4) is 0 Å². The van der Waals surface area contributed by atoms with Crippen molar-refractivity contribution >= 4 is 37.5 Å². The molecule has 0 bridgehead atoms. The fourth-order valence-electron chi connectivity index (χ4n) is 1.95. The zero-order valence-corrected chi connectivity index (χ0v) is 13.9. The second-order valence-electron chi connectivity index (χ2n) is 4.54. The van der Waals surface area contributed by atoms with Gasteiger partial charge >= 0.3 is 0 Å². The average Bonchev–Trinajstić information content (AvgIpc) is 2.43. The molecule has 0 aliphatic carbocycles. The van der Waals surface area contributed by atoms with Gasteiger partial charge in [-0.1, -0.05) is 6.07 Å². The van der Waals surface area contributed by atoms with Gasteiger partial charge in [0.15, 0.2) is 5.82 Å². The minimum atomic E-state index is -3.80. The van der Waals surface area contributed by atoms with Gasteiger partial charge in [-0.3, -0.25) is 4.72 Å². The van der Waals surface area contributed by atoms with E-state index in [-0.39, 0.29) is 10.7 Å². The molecule has 112 valence electrons. The zero-order chi connectivity index (χ0) is 15.6. The van der Waals surface area contributed by atoms with E-state index < -0.39 is 10.0 Å². The first kappa shape index (κ1) is 15.7. The van der Waals surface area contributed by atoms with Crippen LogP contribution in [0, 0.1) is 13.8 Å². The molecule has 1 aromatic heterocycles. The van der Waals surface area contributed by atoms with Crippen molar-refractivity contribution in [2.75, 3.05) is 10.1 Å². The lowest BCUT2D eigenvalue weighted by Crippen LogP contribution is -2.19. The van der Waals surface area contributed by atoms with Crippen molar-refractivity contribution in [1.29, 1.82) is 0 Å². The van der Waals surface area contributed by atoms with Crippen molar-refractivity contribution in [2.45, 2.75) is 18.7 Å². The average molecular weight is 371 g/mol. The van der Waals surface area contributed by atoms with E-state index in [1.807, 2.05) is 26.0 Å². The maximum atomic E-state index is 12.5. The largest absolute Gasteiger partial charge is 0.307 e. The number of nitrogen functional groups attached to an aromatic ring is 1. The molecule has 0 aliphatic rings. The van der Waals surface area contributed by atoms with Crippen LogP contribution in [0.25, 0.3) is 0 Å². The van der Waals surface area contributed by atoms with Gasteiger partial charge < -0.3 is 5.43 Å². The van der Waals surface area contributed by atoms with E-state index in [9.17, 15) is 8.42 Å². The van der Waals surface area contributed by atoms with Crippen LogP contribution in [0.1, 0.15) is 11.1 Å². The number of pyridine rings is 1. The number of nitrogens with two attached hydrogens (primary N) is 1. The van der Waals surface area contributed by atoms with Crippen LogP contribution < -0.4 is 16.0 Å². The van der Waals surface area contributed by atoms with E-state index in [1.165, 1.54) is 18.3 Å². The molecule has 8 heteroatoms. The Bertz CT molecular complexity index is 754. The van der Waals surface area contributed by atoms with E-state index in [0.29, 0.717) is 10.2 Å². The Labute approximate surface area is 131 Å². The molecule has 0 spiro atoms.